The number of ether oxygens (including phenoxy) is 1. The summed E-state index contributed by atoms with van der Waals surface area (Å²) < 4.78 is 27.7. The van der Waals surface area contributed by atoms with Gasteiger partial charge in [-0.25, -0.2) is 0 Å². The van der Waals surface area contributed by atoms with E-state index in [1.165, 1.54) is 12.8 Å². The molecule has 23 heavy (non-hydrogen) atoms. The van der Waals surface area contributed by atoms with Crippen LogP contribution in [0.25, 0.3) is 0 Å². The third kappa shape index (κ3) is 11.6. The minimum absolute atomic E-state index is 0. The van der Waals surface area contributed by atoms with Gasteiger partial charge in [-0.05, 0) is 18.4 Å². The number of rotatable bonds is 4. The van der Waals surface area contributed by atoms with Crippen molar-refractivity contribution in [2.45, 2.75) is 18.9 Å². The average Bonchev–Trinajstić information content (AvgIpc) is 3.07. The molecule has 1 aromatic carbocycles. The SMILES string of the molecule is COC[C@@H]1CCCN1/N=C/c1ccccc1.[C-]#[O+].[C-]#[O+].[C-]#[O+].[Cr]. The van der Waals surface area contributed by atoms with E-state index in [9.17, 15) is 0 Å². The first-order valence-electron chi connectivity index (χ1n) is 6.36. The molecule has 0 bridgehead atoms. The molecule has 0 saturated carbocycles. The van der Waals surface area contributed by atoms with E-state index in [4.69, 9.17) is 18.7 Å². The monoisotopic (exact) mass is 354 g/mol. The number of benzene rings is 1. The zero-order valence-corrected chi connectivity index (χ0v) is 14.1. The summed E-state index contributed by atoms with van der Waals surface area (Å²) in [6, 6.07) is 10.6. The summed E-state index contributed by atoms with van der Waals surface area (Å²) in [5.74, 6) is 0. The van der Waals surface area contributed by atoms with Crippen molar-refractivity contribution in [3.63, 3.8) is 0 Å². The van der Waals surface area contributed by atoms with Crippen LogP contribution in [0.5, 0.6) is 0 Å². The molecular formula is C16H18CrN2O4. The maximum absolute atomic E-state index is 7.50. The van der Waals surface area contributed by atoms with E-state index >= 15 is 0 Å². The summed E-state index contributed by atoms with van der Waals surface area (Å²) in [6.45, 7) is 15.3. The van der Waals surface area contributed by atoms with Crippen molar-refractivity contribution in [2.75, 3.05) is 20.3 Å². The van der Waals surface area contributed by atoms with Crippen molar-refractivity contribution in [3.05, 3.63) is 55.8 Å². The predicted octanol–water partition coefficient (Wildman–Crippen LogP) is 2.02. The zero-order valence-electron chi connectivity index (χ0n) is 12.8. The molecule has 122 valence electrons. The molecule has 1 fully saturated rings. The number of nitrogens with zero attached hydrogens (tertiary/aromatic N) is 2. The van der Waals surface area contributed by atoms with Crippen molar-refractivity contribution in [1.29, 1.82) is 0 Å². The van der Waals surface area contributed by atoms with Gasteiger partial charge in [0.05, 0.1) is 18.9 Å². The van der Waals surface area contributed by atoms with Crippen molar-refractivity contribution in [1.82, 2.24) is 5.01 Å². The summed E-state index contributed by atoms with van der Waals surface area (Å²) in [6.07, 6.45) is 4.31. The number of hydrogen-bond donors (Lipinski definition) is 0. The van der Waals surface area contributed by atoms with Crippen LogP contribution in [0.3, 0.4) is 0 Å². The van der Waals surface area contributed by atoms with E-state index in [2.05, 4.69) is 42.2 Å². The first kappa shape index (κ1) is 26.3. The van der Waals surface area contributed by atoms with Crippen LogP contribution in [-0.2, 0) is 36.1 Å². The standard InChI is InChI=1S/C13H18N2O.3CO.Cr/c1-16-11-13-8-5-9-15(13)14-10-12-6-3-2-4-7-12;3*1-2;/h2-4,6-7,10,13H,5,8-9,11H2,1H3;;;;/b14-10+;;;;/t13-;;;;/m0..../s1. The molecule has 6 nitrogen and oxygen atoms in total. The van der Waals surface area contributed by atoms with Gasteiger partial charge < -0.3 is 4.74 Å². The van der Waals surface area contributed by atoms with Crippen molar-refractivity contribution in [3.8, 4) is 0 Å². The molecule has 0 radical (unpaired) electrons. The molecule has 1 saturated heterocycles. The van der Waals surface area contributed by atoms with Crippen LogP contribution >= 0.6 is 0 Å². The maximum atomic E-state index is 7.50. The largest absolute Gasteiger partial charge is 0 e. The Hall–Kier alpha value is -1.60. The molecule has 0 N–H and O–H groups in total. The van der Waals surface area contributed by atoms with Gasteiger partial charge in [-0.15, -0.1) is 0 Å². The van der Waals surface area contributed by atoms with E-state index < -0.39 is 0 Å². The van der Waals surface area contributed by atoms with Crippen molar-refractivity contribution >= 4 is 6.21 Å². The van der Waals surface area contributed by atoms with Gasteiger partial charge in [0, 0.05) is 31.0 Å². The van der Waals surface area contributed by atoms with E-state index in [0.29, 0.717) is 6.04 Å². The third-order valence-corrected chi connectivity index (χ3v) is 2.86. The predicted molar refractivity (Wildman–Crippen MR) is 77.4 cm³/mol. The molecule has 0 spiro atoms. The second-order valence-electron chi connectivity index (χ2n) is 4.07. The maximum Gasteiger partial charge on any atom is 0 e. The van der Waals surface area contributed by atoms with Crippen LogP contribution in [0.15, 0.2) is 35.4 Å². The molecule has 1 aliphatic heterocycles. The molecule has 1 aliphatic rings. The second-order valence-corrected chi connectivity index (χ2v) is 4.07. The number of hydrazone groups is 1. The summed E-state index contributed by atoms with van der Waals surface area (Å²) in [5.41, 5.74) is 1.14. The molecule has 2 rings (SSSR count). The van der Waals surface area contributed by atoms with Crippen LogP contribution in [0, 0.1) is 20.0 Å². The molecule has 0 unspecified atom stereocenters. The molecule has 1 heterocycles. The van der Waals surface area contributed by atoms with E-state index in [0.717, 1.165) is 18.7 Å². The fourth-order valence-corrected chi connectivity index (χ4v) is 2.01. The van der Waals surface area contributed by atoms with Gasteiger partial charge in [0.1, 0.15) is 0 Å². The molecular weight excluding hydrogens is 336 g/mol. The molecule has 0 amide bonds. The summed E-state index contributed by atoms with van der Waals surface area (Å²) in [4.78, 5) is 0. The second kappa shape index (κ2) is 20.4. The Balaban J connectivity index is -0.000000514. The fraction of sp³-hybridized carbons (Fsp3) is 0.375. The van der Waals surface area contributed by atoms with Gasteiger partial charge in [0.2, 0.25) is 0 Å². The zero-order chi connectivity index (χ0) is 17.2. The van der Waals surface area contributed by atoms with Crippen LogP contribution in [0.1, 0.15) is 18.4 Å². The molecule has 0 aromatic heterocycles. The van der Waals surface area contributed by atoms with E-state index in [1.54, 1.807) is 7.11 Å². The van der Waals surface area contributed by atoms with E-state index in [1.807, 2.05) is 24.4 Å². The van der Waals surface area contributed by atoms with Gasteiger partial charge in [-0.3, -0.25) is 5.01 Å². The molecule has 7 heteroatoms. The van der Waals surface area contributed by atoms with E-state index in [-0.39, 0.29) is 17.4 Å². The summed E-state index contributed by atoms with van der Waals surface area (Å²) >= 11 is 0. The van der Waals surface area contributed by atoms with Crippen LogP contribution < -0.4 is 0 Å². The van der Waals surface area contributed by atoms with Gasteiger partial charge in [0.25, 0.3) is 0 Å². The minimum atomic E-state index is 0. The van der Waals surface area contributed by atoms with Crippen LogP contribution in [0.2, 0.25) is 0 Å². The van der Waals surface area contributed by atoms with Crippen molar-refractivity contribution in [2.24, 2.45) is 5.10 Å². The Labute approximate surface area is 147 Å². The summed E-state index contributed by atoms with van der Waals surface area (Å²) in [7, 11) is 1.75. The Morgan fingerprint density at radius 2 is 1.74 bits per heavy atom. The quantitative estimate of drug-likeness (QED) is 0.471. The Morgan fingerprint density at radius 1 is 1.17 bits per heavy atom. The minimum Gasteiger partial charge on any atom is 0 e. The van der Waals surface area contributed by atoms with Crippen molar-refractivity contribution < 1.29 is 36.1 Å². The van der Waals surface area contributed by atoms with Gasteiger partial charge in [-0.2, -0.15) is 5.10 Å². The average molecular weight is 354 g/mol. The Morgan fingerprint density at radius 3 is 2.26 bits per heavy atom. The molecule has 1 atom stereocenters. The third-order valence-electron chi connectivity index (χ3n) is 2.86. The van der Waals surface area contributed by atoms with Crippen LogP contribution in [-0.4, -0.2) is 37.5 Å². The Bertz CT molecular complexity index is 446. The topological polar surface area (TPSA) is 84.5 Å². The van der Waals surface area contributed by atoms with Crippen LogP contribution in [0.4, 0.5) is 0 Å². The number of methoxy groups -OCH3 is 1. The first-order valence-corrected chi connectivity index (χ1v) is 6.36. The van der Waals surface area contributed by atoms with Gasteiger partial charge in [-0.1, -0.05) is 30.3 Å². The number of hydrogen-bond acceptors (Lipinski definition) is 3. The fourth-order valence-electron chi connectivity index (χ4n) is 2.01. The molecule has 0 aliphatic carbocycles. The normalized spacial score (nSPS) is 14.7. The summed E-state index contributed by atoms with van der Waals surface area (Å²) in [5, 5.41) is 6.66. The van der Waals surface area contributed by atoms with Gasteiger partial charge >= 0.3 is 33.9 Å². The smallest absolute Gasteiger partial charge is 0 e. The van der Waals surface area contributed by atoms with Gasteiger partial charge in [0.15, 0.2) is 0 Å². The Kier molecular flexibility index (Phi) is 23.3. The first-order chi connectivity index (χ1) is 10.9. The molecule has 1 aromatic rings.